The lowest BCUT2D eigenvalue weighted by Gasteiger charge is -2.60. The van der Waals surface area contributed by atoms with Gasteiger partial charge in [0.25, 0.3) is 0 Å². The second-order valence-electron chi connectivity index (χ2n) is 9.17. The maximum absolute atomic E-state index is 10.5. The van der Waals surface area contributed by atoms with Gasteiger partial charge in [0.2, 0.25) is 0 Å². The maximum Gasteiger partial charge on any atom is 0.0754 e. The molecule has 0 unspecified atom stereocenters. The van der Waals surface area contributed by atoms with Gasteiger partial charge in [0.05, 0.1) is 12.4 Å². The lowest BCUT2D eigenvalue weighted by atomic mass is 9.45. The molecule has 0 amide bonds. The Kier molecular flexibility index (Phi) is 5.31. The minimum atomic E-state index is -0.140. The van der Waals surface area contributed by atoms with Crippen molar-refractivity contribution >= 4 is 0 Å². The fraction of sp³-hybridized carbons (Fsp3) is 0.900. The molecule has 0 aliphatic heterocycles. The highest BCUT2D eigenvalue weighted by molar-refractivity contribution is 5.05. The topological polar surface area (TPSA) is 40.5 Å². The Bertz CT molecular complexity index is 401. The van der Waals surface area contributed by atoms with Crippen LogP contribution >= 0.6 is 0 Å². The Morgan fingerprint density at radius 1 is 1.18 bits per heavy atom. The van der Waals surface area contributed by atoms with Crippen molar-refractivity contribution in [2.75, 3.05) is 0 Å². The molecule has 2 aliphatic carbocycles. The molecule has 0 spiro atoms. The SMILES string of the molecule is C[C@H](/C=C\O)CC[C@H]1[C@@H](C)CC[C@H]2C(C)(C)C[C@H](O)C[C@]12C. The summed E-state index contributed by atoms with van der Waals surface area (Å²) in [4.78, 5) is 0. The van der Waals surface area contributed by atoms with Gasteiger partial charge in [0.15, 0.2) is 0 Å². The Labute approximate surface area is 137 Å². The predicted octanol–water partition coefficient (Wildman–Crippen LogP) is 5.32. The van der Waals surface area contributed by atoms with Crippen molar-refractivity contribution in [2.24, 2.45) is 34.5 Å². The summed E-state index contributed by atoms with van der Waals surface area (Å²) in [7, 11) is 0. The van der Waals surface area contributed by atoms with Gasteiger partial charge in [-0.1, -0.05) is 41.0 Å². The van der Waals surface area contributed by atoms with Crippen LogP contribution in [-0.4, -0.2) is 16.3 Å². The van der Waals surface area contributed by atoms with Gasteiger partial charge in [0, 0.05) is 0 Å². The van der Waals surface area contributed by atoms with Crippen molar-refractivity contribution in [3.63, 3.8) is 0 Å². The molecule has 6 atom stereocenters. The quantitative estimate of drug-likeness (QED) is 0.690. The largest absolute Gasteiger partial charge is 0.516 e. The van der Waals surface area contributed by atoms with E-state index in [1.165, 1.54) is 25.5 Å². The van der Waals surface area contributed by atoms with Crippen LogP contribution < -0.4 is 0 Å². The summed E-state index contributed by atoms with van der Waals surface area (Å²) in [6.07, 6.45) is 9.86. The van der Waals surface area contributed by atoms with Gasteiger partial charge in [-0.15, -0.1) is 0 Å². The van der Waals surface area contributed by atoms with Crippen LogP contribution in [0.1, 0.15) is 73.1 Å². The number of hydrogen-bond acceptors (Lipinski definition) is 2. The average molecular weight is 309 g/mol. The molecule has 2 rings (SSSR count). The number of fused-ring (bicyclic) bond motifs is 1. The summed E-state index contributed by atoms with van der Waals surface area (Å²) in [5.74, 6) is 2.60. The predicted molar refractivity (Wildman–Crippen MR) is 92.7 cm³/mol. The zero-order chi connectivity index (χ0) is 16.5. The first kappa shape index (κ1) is 17.8. The summed E-state index contributed by atoms with van der Waals surface area (Å²) in [5, 5.41) is 19.4. The van der Waals surface area contributed by atoms with Crippen molar-refractivity contribution in [3.05, 3.63) is 12.3 Å². The standard InChI is InChI=1S/C20H36O2/c1-14(10-11-21)6-8-17-15(2)7-9-18-19(3,4)12-16(22)13-20(17,18)5/h10-11,14-18,21-22H,6-9,12-13H2,1-5H3/b11-10-/t14-,15-,16-,17-,18-,20+/m0/s1. The zero-order valence-electron chi connectivity index (χ0n) is 15.2. The summed E-state index contributed by atoms with van der Waals surface area (Å²) < 4.78 is 0. The zero-order valence-corrected chi connectivity index (χ0v) is 15.2. The molecule has 0 heterocycles. The van der Waals surface area contributed by atoms with Crippen LogP contribution in [0.4, 0.5) is 0 Å². The summed E-state index contributed by atoms with van der Waals surface area (Å²) in [5.41, 5.74) is 0.517. The molecule has 2 fully saturated rings. The van der Waals surface area contributed by atoms with Gasteiger partial charge in [0.1, 0.15) is 0 Å². The molecule has 0 aromatic heterocycles. The van der Waals surface area contributed by atoms with Gasteiger partial charge >= 0.3 is 0 Å². The summed E-state index contributed by atoms with van der Waals surface area (Å²) in [6.45, 7) is 11.8. The van der Waals surface area contributed by atoms with Crippen LogP contribution in [0.5, 0.6) is 0 Å². The summed E-state index contributed by atoms with van der Waals surface area (Å²) >= 11 is 0. The van der Waals surface area contributed by atoms with Gasteiger partial charge in [-0.25, -0.2) is 0 Å². The van der Waals surface area contributed by atoms with E-state index in [9.17, 15) is 5.11 Å². The first-order valence-corrected chi connectivity index (χ1v) is 9.19. The molecule has 0 bridgehead atoms. The number of allylic oxidation sites excluding steroid dienone is 1. The number of hydrogen-bond donors (Lipinski definition) is 2. The van der Waals surface area contributed by atoms with Gasteiger partial charge < -0.3 is 10.2 Å². The Morgan fingerprint density at radius 2 is 1.86 bits per heavy atom. The van der Waals surface area contributed by atoms with Crippen molar-refractivity contribution in [3.8, 4) is 0 Å². The molecule has 2 heteroatoms. The second kappa shape index (κ2) is 6.55. The molecular formula is C20H36O2. The van der Waals surface area contributed by atoms with Crippen molar-refractivity contribution in [2.45, 2.75) is 79.2 Å². The molecule has 0 saturated heterocycles. The van der Waals surface area contributed by atoms with Gasteiger partial charge in [-0.05, 0) is 72.7 Å². The van der Waals surface area contributed by atoms with Crippen LogP contribution in [0.25, 0.3) is 0 Å². The Balaban J connectivity index is 2.19. The van der Waals surface area contributed by atoms with E-state index in [2.05, 4.69) is 34.6 Å². The van der Waals surface area contributed by atoms with E-state index in [0.29, 0.717) is 11.8 Å². The number of aliphatic hydroxyl groups excluding tert-OH is 2. The van der Waals surface area contributed by atoms with Crippen LogP contribution in [0.3, 0.4) is 0 Å². The lowest BCUT2D eigenvalue weighted by molar-refractivity contribution is -0.136. The van der Waals surface area contributed by atoms with E-state index in [0.717, 1.165) is 31.1 Å². The fourth-order valence-electron chi connectivity index (χ4n) is 6.08. The third-order valence-electron chi connectivity index (χ3n) is 6.97. The van der Waals surface area contributed by atoms with E-state index in [4.69, 9.17) is 5.11 Å². The molecule has 2 aliphatic rings. The molecule has 2 saturated carbocycles. The van der Waals surface area contributed by atoms with E-state index >= 15 is 0 Å². The monoisotopic (exact) mass is 308 g/mol. The van der Waals surface area contributed by atoms with E-state index in [1.807, 2.05) is 6.08 Å². The normalized spacial score (nSPS) is 43.0. The van der Waals surface area contributed by atoms with Crippen LogP contribution in [-0.2, 0) is 0 Å². The molecule has 0 radical (unpaired) electrons. The van der Waals surface area contributed by atoms with E-state index in [1.54, 1.807) is 0 Å². The van der Waals surface area contributed by atoms with Gasteiger partial charge in [-0.3, -0.25) is 0 Å². The molecule has 2 nitrogen and oxygen atoms in total. The Hall–Kier alpha value is -0.500. The minimum absolute atomic E-state index is 0.140. The molecule has 22 heavy (non-hydrogen) atoms. The average Bonchev–Trinajstić information content (AvgIpc) is 2.35. The highest BCUT2D eigenvalue weighted by atomic mass is 16.3. The van der Waals surface area contributed by atoms with Crippen LogP contribution in [0.15, 0.2) is 12.3 Å². The highest BCUT2D eigenvalue weighted by Gasteiger charge is 2.55. The third kappa shape index (κ3) is 3.37. The Morgan fingerprint density at radius 3 is 2.50 bits per heavy atom. The van der Waals surface area contributed by atoms with Crippen molar-refractivity contribution in [1.29, 1.82) is 0 Å². The molecule has 2 N–H and O–H groups in total. The molecular weight excluding hydrogens is 272 g/mol. The van der Waals surface area contributed by atoms with Crippen molar-refractivity contribution < 1.29 is 10.2 Å². The first-order valence-electron chi connectivity index (χ1n) is 9.19. The number of rotatable bonds is 4. The molecule has 0 aromatic rings. The smallest absolute Gasteiger partial charge is 0.0754 e. The molecule has 128 valence electrons. The summed E-state index contributed by atoms with van der Waals surface area (Å²) in [6, 6.07) is 0. The molecule has 0 aromatic carbocycles. The van der Waals surface area contributed by atoms with Crippen molar-refractivity contribution in [1.82, 2.24) is 0 Å². The third-order valence-corrected chi connectivity index (χ3v) is 6.97. The lowest BCUT2D eigenvalue weighted by Crippen LogP contribution is -2.54. The minimum Gasteiger partial charge on any atom is -0.516 e. The first-order chi connectivity index (χ1) is 10.2. The van der Waals surface area contributed by atoms with E-state index in [-0.39, 0.29) is 16.9 Å². The van der Waals surface area contributed by atoms with E-state index < -0.39 is 0 Å². The van der Waals surface area contributed by atoms with Gasteiger partial charge in [-0.2, -0.15) is 0 Å². The number of aliphatic hydroxyl groups is 2. The van der Waals surface area contributed by atoms with Crippen LogP contribution in [0, 0.1) is 34.5 Å². The second-order valence-corrected chi connectivity index (χ2v) is 9.17. The fourth-order valence-corrected chi connectivity index (χ4v) is 6.08. The maximum atomic E-state index is 10.5. The highest BCUT2D eigenvalue weighted by Crippen LogP contribution is 2.62. The van der Waals surface area contributed by atoms with Crippen LogP contribution in [0.2, 0.25) is 0 Å².